The molecule has 1 aromatic rings. The molecule has 2 unspecified atom stereocenters. The van der Waals surface area contributed by atoms with Gasteiger partial charge in [0.15, 0.2) is 9.84 Å². The molecule has 0 aromatic heterocycles. The number of hydrogen-bond donors (Lipinski definition) is 1. The van der Waals surface area contributed by atoms with Gasteiger partial charge in [0.05, 0.1) is 22.9 Å². The molecular weight excluding hydrogens is 350 g/mol. The zero-order valence-electron chi connectivity index (χ0n) is 14.4. The quantitative estimate of drug-likeness (QED) is 0.822. The van der Waals surface area contributed by atoms with Crippen LogP contribution in [0.25, 0.3) is 0 Å². The average molecular weight is 376 g/mol. The largest absolute Gasteiger partial charge is 0.374 e. The topological polar surface area (TPSA) is 89.5 Å². The Kier molecular flexibility index (Phi) is 5.44. The summed E-state index contributed by atoms with van der Waals surface area (Å²) in [7, 11) is -6.77. The van der Waals surface area contributed by atoms with Gasteiger partial charge in [-0.25, -0.2) is 21.6 Å². The Morgan fingerprint density at radius 2 is 1.79 bits per heavy atom. The van der Waals surface area contributed by atoms with E-state index in [9.17, 15) is 16.8 Å². The van der Waals surface area contributed by atoms with Gasteiger partial charge >= 0.3 is 0 Å². The third kappa shape index (κ3) is 4.36. The summed E-state index contributed by atoms with van der Waals surface area (Å²) in [6.07, 6.45) is 0.447. The van der Waals surface area contributed by atoms with Crippen LogP contribution >= 0.6 is 0 Å². The standard InChI is InChI=1S/C16H25NO5S2/c1-5-23(18,19)14-8-6-13(7-9-14)12(2)17-24(20,21)15-10-16(3,4)22-11-15/h6-9,12,15,17H,5,10-11H2,1-4H3. The molecule has 1 N–H and O–H groups in total. The van der Waals surface area contributed by atoms with Gasteiger partial charge in [-0.2, -0.15) is 0 Å². The number of rotatable bonds is 6. The zero-order valence-corrected chi connectivity index (χ0v) is 16.1. The summed E-state index contributed by atoms with van der Waals surface area (Å²) in [5.41, 5.74) is 0.283. The molecule has 1 heterocycles. The summed E-state index contributed by atoms with van der Waals surface area (Å²) in [6.45, 7) is 7.26. The van der Waals surface area contributed by atoms with Gasteiger partial charge in [-0.15, -0.1) is 0 Å². The van der Waals surface area contributed by atoms with Gasteiger partial charge in [-0.1, -0.05) is 19.1 Å². The number of sulfonamides is 1. The predicted octanol–water partition coefficient (Wildman–Crippen LogP) is 2.03. The second-order valence-corrected chi connectivity index (χ2v) is 11.0. The molecule has 0 bridgehead atoms. The predicted molar refractivity (Wildman–Crippen MR) is 93.1 cm³/mol. The van der Waals surface area contributed by atoms with Gasteiger partial charge in [0.2, 0.25) is 10.0 Å². The van der Waals surface area contributed by atoms with E-state index in [1.165, 1.54) is 12.1 Å². The normalized spacial score (nSPS) is 22.4. The monoisotopic (exact) mass is 375 g/mol. The van der Waals surface area contributed by atoms with Crippen LogP contribution in [0.3, 0.4) is 0 Å². The first-order valence-corrected chi connectivity index (χ1v) is 11.1. The molecule has 1 saturated heterocycles. The average Bonchev–Trinajstić information content (AvgIpc) is 2.88. The van der Waals surface area contributed by atoms with Crippen LogP contribution in [0, 0.1) is 0 Å². The minimum absolute atomic E-state index is 0.0337. The molecule has 6 nitrogen and oxygen atoms in total. The number of ether oxygens (including phenoxy) is 1. The highest BCUT2D eigenvalue weighted by atomic mass is 32.2. The highest BCUT2D eigenvalue weighted by molar-refractivity contribution is 7.91. The number of nitrogens with one attached hydrogen (secondary N) is 1. The van der Waals surface area contributed by atoms with Crippen molar-refractivity contribution in [3.63, 3.8) is 0 Å². The molecule has 2 atom stereocenters. The molecule has 1 aromatic carbocycles. The van der Waals surface area contributed by atoms with Crippen molar-refractivity contribution in [3.05, 3.63) is 29.8 Å². The first-order chi connectivity index (χ1) is 11.0. The molecule has 2 rings (SSSR count). The fraction of sp³-hybridized carbons (Fsp3) is 0.625. The molecule has 0 spiro atoms. The molecule has 1 aliphatic rings. The Morgan fingerprint density at radius 3 is 2.25 bits per heavy atom. The van der Waals surface area contributed by atoms with Crippen LogP contribution in [0.15, 0.2) is 29.2 Å². The summed E-state index contributed by atoms with van der Waals surface area (Å²) in [6, 6.07) is 5.87. The first-order valence-electron chi connectivity index (χ1n) is 7.95. The molecule has 8 heteroatoms. The number of hydrogen-bond acceptors (Lipinski definition) is 5. The summed E-state index contributed by atoms with van der Waals surface area (Å²) in [4.78, 5) is 0.245. The number of sulfone groups is 1. The third-order valence-corrected chi connectivity index (χ3v) is 7.89. The molecule has 1 aliphatic heterocycles. The van der Waals surface area contributed by atoms with E-state index in [1.54, 1.807) is 26.0 Å². The van der Waals surface area contributed by atoms with Crippen LogP contribution in [0.1, 0.15) is 45.7 Å². The van der Waals surface area contributed by atoms with Crippen LogP contribution < -0.4 is 4.72 Å². The lowest BCUT2D eigenvalue weighted by atomic mass is 10.1. The minimum Gasteiger partial charge on any atom is -0.374 e. The maximum Gasteiger partial charge on any atom is 0.217 e. The van der Waals surface area contributed by atoms with Crippen LogP contribution in [-0.4, -0.2) is 40.0 Å². The smallest absolute Gasteiger partial charge is 0.217 e. The molecule has 24 heavy (non-hydrogen) atoms. The van der Waals surface area contributed by atoms with Gasteiger partial charge in [0.1, 0.15) is 5.25 Å². The van der Waals surface area contributed by atoms with E-state index in [1.807, 2.05) is 13.8 Å². The van der Waals surface area contributed by atoms with E-state index in [-0.39, 0.29) is 17.3 Å². The van der Waals surface area contributed by atoms with Crippen molar-refractivity contribution in [2.24, 2.45) is 0 Å². The molecule has 0 saturated carbocycles. The van der Waals surface area contributed by atoms with E-state index in [2.05, 4.69) is 4.72 Å². The fourth-order valence-corrected chi connectivity index (χ4v) is 5.30. The second-order valence-electron chi connectivity index (χ2n) is 6.75. The highest BCUT2D eigenvalue weighted by Gasteiger charge is 2.40. The lowest BCUT2D eigenvalue weighted by Crippen LogP contribution is -2.36. The lowest BCUT2D eigenvalue weighted by Gasteiger charge is -2.19. The summed E-state index contributed by atoms with van der Waals surface area (Å²) in [5, 5.41) is -0.574. The molecule has 0 radical (unpaired) electrons. The molecular formula is C16H25NO5S2. The van der Waals surface area contributed by atoms with Crippen molar-refractivity contribution >= 4 is 19.9 Å². The lowest BCUT2D eigenvalue weighted by molar-refractivity contribution is 0.0367. The molecule has 1 fully saturated rings. The van der Waals surface area contributed by atoms with E-state index >= 15 is 0 Å². The maximum atomic E-state index is 12.5. The number of benzene rings is 1. The Labute approximate surface area is 144 Å². The Hall–Kier alpha value is -0.960. The van der Waals surface area contributed by atoms with Crippen molar-refractivity contribution in [1.82, 2.24) is 4.72 Å². The van der Waals surface area contributed by atoms with Crippen LogP contribution in [0.5, 0.6) is 0 Å². The Balaban J connectivity index is 2.11. The maximum absolute atomic E-state index is 12.5. The van der Waals surface area contributed by atoms with E-state index in [0.29, 0.717) is 12.0 Å². The van der Waals surface area contributed by atoms with E-state index in [0.717, 1.165) is 0 Å². The minimum atomic E-state index is -3.51. The summed E-state index contributed by atoms with van der Waals surface area (Å²) < 4.78 is 56.8. The van der Waals surface area contributed by atoms with Gasteiger partial charge in [0, 0.05) is 6.04 Å². The SMILES string of the molecule is CCS(=O)(=O)c1ccc(C(C)NS(=O)(=O)C2COC(C)(C)C2)cc1. The highest BCUT2D eigenvalue weighted by Crippen LogP contribution is 2.29. The molecule has 0 amide bonds. The van der Waals surface area contributed by atoms with Crippen molar-refractivity contribution in [1.29, 1.82) is 0 Å². The van der Waals surface area contributed by atoms with Gasteiger partial charge in [-0.3, -0.25) is 0 Å². The van der Waals surface area contributed by atoms with Gasteiger partial charge < -0.3 is 4.74 Å². The van der Waals surface area contributed by atoms with Crippen molar-refractivity contribution in [2.75, 3.05) is 12.4 Å². The van der Waals surface area contributed by atoms with E-state index in [4.69, 9.17) is 4.74 Å². The zero-order chi connectivity index (χ0) is 18.2. The van der Waals surface area contributed by atoms with Crippen molar-refractivity contribution < 1.29 is 21.6 Å². The van der Waals surface area contributed by atoms with Gasteiger partial charge in [-0.05, 0) is 44.9 Å². The Bertz CT molecular complexity index is 782. The first kappa shape index (κ1) is 19.4. The molecule has 0 aliphatic carbocycles. The van der Waals surface area contributed by atoms with Crippen molar-refractivity contribution in [3.8, 4) is 0 Å². The van der Waals surface area contributed by atoms with Crippen LogP contribution in [0.2, 0.25) is 0 Å². The summed E-state index contributed by atoms with van der Waals surface area (Å²) in [5.74, 6) is 0.0337. The van der Waals surface area contributed by atoms with Crippen LogP contribution in [-0.2, 0) is 24.6 Å². The van der Waals surface area contributed by atoms with Crippen molar-refractivity contribution in [2.45, 2.75) is 55.9 Å². The summed E-state index contributed by atoms with van der Waals surface area (Å²) >= 11 is 0. The second kappa shape index (κ2) is 6.74. The Morgan fingerprint density at radius 1 is 1.21 bits per heavy atom. The third-order valence-electron chi connectivity index (χ3n) is 4.28. The fourth-order valence-electron chi connectivity index (χ4n) is 2.73. The van der Waals surface area contributed by atoms with Crippen LogP contribution in [0.4, 0.5) is 0 Å². The van der Waals surface area contributed by atoms with E-state index < -0.39 is 36.8 Å². The molecule has 136 valence electrons. The van der Waals surface area contributed by atoms with Gasteiger partial charge in [0.25, 0.3) is 0 Å².